The molecule has 1 aromatic carbocycles. The Morgan fingerprint density at radius 3 is 2.48 bits per heavy atom. The second-order valence-corrected chi connectivity index (χ2v) is 4.93. The normalized spacial score (nSPS) is 10.0. The van der Waals surface area contributed by atoms with E-state index in [1.54, 1.807) is 0 Å². The number of carbonyl (C=O) groups excluding carboxylic acids is 2. The second kappa shape index (κ2) is 9.42. The molecule has 1 rings (SSSR count). The van der Waals surface area contributed by atoms with Gasteiger partial charge in [-0.2, -0.15) is 0 Å². The maximum absolute atomic E-state index is 11.2. The van der Waals surface area contributed by atoms with Gasteiger partial charge in [0.1, 0.15) is 6.61 Å². The first-order chi connectivity index (χ1) is 11.8. The fraction of sp³-hybridized carbons (Fsp3) is 0.357. The molecule has 25 heavy (non-hydrogen) atoms. The third kappa shape index (κ3) is 6.26. The van der Waals surface area contributed by atoms with Crippen molar-refractivity contribution in [2.45, 2.75) is 19.4 Å². The molecule has 0 aliphatic heterocycles. The molecule has 0 radical (unpaired) electrons. The van der Waals surface area contributed by atoms with Crippen molar-refractivity contribution < 1.29 is 38.6 Å². The van der Waals surface area contributed by atoms with Gasteiger partial charge in [-0.05, 0) is 24.1 Å². The minimum Gasteiger partial charge on any atom is -0.493 e. The minimum absolute atomic E-state index is 0.00883. The van der Waals surface area contributed by atoms with Gasteiger partial charge >= 0.3 is 17.2 Å². The Hall–Kier alpha value is -2.88. The number of hydrogen-bond acceptors (Lipinski definition) is 8. The van der Waals surface area contributed by atoms with Crippen LogP contribution in [0.25, 0.3) is 0 Å². The lowest BCUT2D eigenvalue weighted by Crippen LogP contribution is -2.12. The van der Waals surface area contributed by atoms with Gasteiger partial charge in [-0.1, -0.05) is 0 Å². The zero-order valence-electron chi connectivity index (χ0n) is 13.0. The molecule has 0 aliphatic rings. The van der Waals surface area contributed by atoms with Crippen LogP contribution in [0.5, 0.6) is 11.5 Å². The van der Waals surface area contributed by atoms with E-state index < -0.39 is 34.4 Å². The molecule has 0 unspecified atom stereocenters. The number of hydrogen-bond donors (Lipinski definition) is 1. The first-order valence-corrected chi connectivity index (χ1v) is 7.20. The van der Waals surface area contributed by atoms with Crippen LogP contribution < -0.4 is 9.47 Å². The molecule has 0 spiro atoms. The highest BCUT2D eigenvalue weighted by Gasteiger charge is 2.22. The number of carboxylic acids is 1. The van der Waals surface area contributed by atoms with E-state index in [9.17, 15) is 24.5 Å². The number of carbonyl (C=O) groups is 3. The topological polar surface area (TPSA) is 142 Å². The van der Waals surface area contributed by atoms with Crippen LogP contribution in [0.3, 0.4) is 0 Å². The van der Waals surface area contributed by atoms with E-state index in [4.69, 9.17) is 26.2 Å². The van der Waals surface area contributed by atoms with Crippen LogP contribution in [0, 0.1) is 10.1 Å². The van der Waals surface area contributed by atoms with Crippen molar-refractivity contribution in [3.63, 3.8) is 0 Å². The molecule has 1 aromatic rings. The Labute approximate surface area is 146 Å². The molecule has 0 bridgehead atoms. The summed E-state index contributed by atoms with van der Waals surface area (Å²) in [4.78, 5) is 42.6. The van der Waals surface area contributed by atoms with E-state index in [0.29, 0.717) is 0 Å². The van der Waals surface area contributed by atoms with E-state index in [1.807, 2.05) is 0 Å². The number of rotatable bonds is 10. The number of ether oxygens (including phenoxy) is 3. The van der Waals surface area contributed by atoms with E-state index >= 15 is 0 Å². The summed E-state index contributed by atoms with van der Waals surface area (Å²) in [5, 5.41) is 18.4. The van der Waals surface area contributed by atoms with Crippen molar-refractivity contribution in [2.75, 3.05) is 13.7 Å². The number of carboxylic acid groups (broad SMARTS) is 1. The monoisotopic (exact) mass is 375 g/mol. The number of methoxy groups -OCH3 is 1. The maximum atomic E-state index is 11.2. The number of esters is 1. The van der Waals surface area contributed by atoms with Gasteiger partial charge in [0, 0.05) is 6.42 Å². The summed E-state index contributed by atoms with van der Waals surface area (Å²) in [7, 11) is 1.29. The molecule has 0 fully saturated rings. The molecule has 11 heteroatoms. The van der Waals surface area contributed by atoms with E-state index in [0.717, 1.165) is 6.07 Å². The molecule has 10 nitrogen and oxygen atoms in total. The lowest BCUT2D eigenvalue weighted by Gasteiger charge is -2.12. The number of nitrogens with zero attached hydrogens (tertiary/aromatic N) is 1. The van der Waals surface area contributed by atoms with Gasteiger partial charge in [-0.15, -0.1) is 0 Å². The van der Waals surface area contributed by atoms with Gasteiger partial charge in [0.2, 0.25) is 0 Å². The zero-order chi connectivity index (χ0) is 19.0. The van der Waals surface area contributed by atoms with Crippen molar-refractivity contribution >= 4 is 34.5 Å². The van der Waals surface area contributed by atoms with Crippen molar-refractivity contribution in [3.8, 4) is 11.5 Å². The predicted molar refractivity (Wildman–Crippen MR) is 82.7 cm³/mol. The van der Waals surface area contributed by atoms with Gasteiger partial charge < -0.3 is 19.3 Å². The SMILES string of the molecule is COc1cc(COC(=O)C(=O)Cl)c([N+](=O)[O-])cc1OCCCC(=O)O. The third-order valence-electron chi connectivity index (χ3n) is 2.87. The first kappa shape index (κ1) is 20.2. The van der Waals surface area contributed by atoms with Crippen molar-refractivity contribution in [1.82, 2.24) is 0 Å². The molecule has 0 amide bonds. The summed E-state index contributed by atoms with van der Waals surface area (Å²) in [6.45, 7) is -0.557. The van der Waals surface area contributed by atoms with Crippen LogP contribution in [-0.2, 0) is 25.7 Å². The molecule has 0 atom stereocenters. The fourth-order valence-corrected chi connectivity index (χ4v) is 1.81. The lowest BCUT2D eigenvalue weighted by molar-refractivity contribution is -0.385. The number of nitro benzene ring substituents is 1. The van der Waals surface area contributed by atoms with Crippen LogP contribution in [0.1, 0.15) is 18.4 Å². The number of benzene rings is 1. The van der Waals surface area contributed by atoms with Gasteiger partial charge in [-0.25, -0.2) is 4.79 Å². The number of halogens is 1. The fourth-order valence-electron chi connectivity index (χ4n) is 1.75. The van der Waals surface area contributed by atoms with Crippen LogP contribution in [0.2, 0.25) is 0 Å². The smallest absolute Gasteiger partial charge is 0.391 e. The number of aliphatic carboxylic acids is 1. The molecule has 0 aliphatic carbocycles. The van der Waals surface area contributed by atoms with Crippen molar-refractivity contribution in [2.24, 2.45) is 0 Å². The first-order valence-electron chi connectivity index (χ1n) is 6.82. The summed E-state index contributed by atoms with van der Waals surface area (Å²) >= 11 is 4.94. The zero-order valence-corrected chi connectivity index (χ0v) is 13.8. The highest BCUT2D eigenvalue weighted by Crippen LogP contribution is 2.35. The summed E-state index contributed by atoms with van der Waals surface area (Å²) in [6, 6.07) is 2.28. The van der Waals surface area contributed by atoms with E-state index in [1.165, 1.54) is 13.2 Å². The van der Waals surface area contributed by atoms with Gasteiger partial charge in [0.05, 0.1) is 30.3 Å². The molecule has 136 valence electrons. The Bertz CT molecular complexity index is 689. The summed E-state index contributed by atoms with van der Waals surface area (Å²) < 4.78 is 14.9. The van der Waals surface area contributed by atoms with Crippen LogP contribution in [-0.4, -0.2) is 40.9 Å². The standard InChI is InChI=1S/C14H14ClNO9/c1-23-10-5-8(7-25-14(20)13(15)19)9(16(21)22)6-11(10)24-4-2-3-12(17)18/h5-6H,2-4,7H2,1H3,(H,17,18). The summed E-state index contributed by atoms with van der Waals surface area (Å²) in [5.74, 6) is -2.19. The van der Waals surface area contributed by atoms with Crippen LogP contribution >= 0.6 is 11.6 Å². The summed E-state index contributed by atoms with van der Waals surface area (Å²) in [6.07, 6.45) is 0.0778. The van der Waals surface area contributed by atoms with Crippen LogP contribution in [0.4, 0.5) is 5.69 Å². The Morgan fingerprint density at radius 1 is 1.28 bits per heavy atom. The highest BCUT2D eigenvalue weighted by molar-refractivity contribution is 6.80. The maximum Gasteiger partial charge on any atom is 0.391 e. The van der Waals surface area contributed by atoms with Crippen molar-refractivity contribution in [3.05, 3.63) is 27.8 Å². The molecule has 0 saturated heterocycles. The third-order valence-corrected chi connectivity index (χ3v) is 3.03. The Kier molecular flexibility index (Phi) is 7.60. The van der Waals surface area contributed by atoms with Gasteiger partial charge in [0.15, 0.2) is 11.5 Å². The molecular formula is C14H14ClNO9. The Balaban J connectivity index is 2.98. The highest BCUT2D eigenvalue weighted by atomic mass is 35.5. The van der Waals surface area contributed by atoms with E-state index in [-0.39, 0.29) is 36.5 Å². The largest absolute Gasteiger partial charge is 0.493 e. The predicted octanol–water partition coefficient (Wildman–Crippen LogP) is 1.66. The molecular weight excluding hydrogens is 362 g/mol. The van der Waals surface area contributed by atoms with Gasteiger partial charge in [-0.3, -0.25) is 19.7 Å². The molecule has 1 N–H and O–H groups in total. The molecule has 0 heterocycles. The summed E-state index contributed by atoms with van der Waals surface area (Å²) in [5.41, 5.74) is -0.463. The van der Waals surface area contributed by atoms with Crippen LogP contribution in [0.15, 0.2) is 12.1 Å². The number of nitro groups is 1. The molecule has 0 aromatic heterocycles. The second-order valence-electron chi connectivity index (χ2n) is 4.58. The Morgan fingerprint density at radius 2 is 1.96 bits per heavy atom. The van der Waals surface area contributed by atoms with E-state index in [2.05, 4.69) is 4.74 Å². The quantitative estimate of drug-likeness (QED) is 0.161. The molecule has 0 saturated carbocycles. The minimum atomic E-state index is -1.35. The lowest BCUT2D eigenvalue weighted by atomic mass is 10.1. The van der Waals surface area contributed by atoms with Crippen molar-refractivity contribution in [1.29, 1.82) is 0 Å². The average molecular weight is 376 g/mol. The average Bonchev–Trinajstić information content (AvgIpc) is 2.55. The van der Waals surface area contributed by atoms with Gasteiger partial charge in [0.25, 0.3) is 5.69 Å².